The van der Waals surface area contributed by atoms with Crippen molar-refractivity contribution in [2.45, 2.75) is 31.2 Å². The average molecular weight is 834 g/mol. The van der Waals surface area contributed by atoms with Crippen molar-refractivity contribution in [3.63, 3.8) is 0 Å². The van der Waals surface area contributed by atoms with Gasteiger partial charge in [-0.25, -0.2) is 9.98 Å². The first kappa shape index (κ1) is 39.8. The first-order valence-electron chi connectivity index (χ1n) is 22.6. The van der Waals surface area contributed by atoms with E-state index >= 15 is 0 Å². The van der Waals surface area contributed by atoms with Gasteiger partial charge in [0.15, 0.2) is 5.84 Å². The number of hydrogen-bond donors (Lipinski definition) is 0. The number of aromatic nitrogens is 1. The predicted molar refractivity (Wildman–Crippen MR) is 273 cm³/mol. The Morgan fingerprint density at radius 2 is 1.23 bits per heavy atom. The number of amidine groups is 1. The molecule has 0 saturated carbocycles. The topological polar surface area (TPSA) is 37.6 Å². The van der Waals surface area contributed by atoms with Crippen molar-refractivity contribution in [2.24, 2.45) is 9.98 Å². The van der Waals surface area contributed by atoms with Crippen molar-refractivity contribution in [2.75, 3.05) is 0 Å². The maximum atomic E-state index is 5.55. The zero-order valence-corrected chi connectivity index (χ0v) is 36.2. The van der Waals surface area contributed by atoms with Crippen molar-refractivity contribution < 1.29 is 0 Å². The van der Waals surface area contributed by atoms with E-state index in [2.05, 4.69) is 218 Å². The fraction of sp³-hybridized carbons (Fsp3) is 0.0806. The number of hydrogen-bond acceptors (Lipinski definition) is 3. The molecule has 3 heteroatoms. The minimum absolute atomic E-state index is 0.349. The Bertz CT molecular complexity index is 3280. The van der Waals surface area contributed by atoms with Gasteiger partial charge in [-0.2, -0.15) is 0 Å². The lowest BCUT2D eigenvalue weighted by molar-refractivity contribution is 0.841. The molecule has 0 N–H and O–H groups in total. The summed E-state index contributed by atoms with van der Waals surface area (Å²) in [6, 6.07) is 63.0. The van der Waals surface area contributed by atoms with Gasteiger partial charge in [-0.1, -0.05) is 195 Å². The highest BCUT2D eigenvalue weighted by Crippen LogP contribution is 2.41. The second kappa shape index (κ2) is 17.6. The lowest BCUT2D eigenvalue weighted by Gasteiger charge is -2.20. The van der Waals surface area contributed by atoms with Crippen LogP contribution < -0.4 is 0 Å². The van der Waals surface area contributed by atoms with Crippen LogP contribution in [0.25, 0.3) is 61.5 Å². The molecule has 3 aliphatic rings. The van der Waals surface area contributed by atoms with Crippen molar-refractivity contribution in [3.05, 3.63) is 264 Å². The minimum Gasteiger partial charge on any atom is -0.253 e. The van der Waals surface area contributed by atoms with Crippen molar-refractivity contribution in [1.82, 2.24) is 4.98 Å². The molecule has 2 aliphatic carbocycles. The molecule has 11 rings (SSSR count). The number of nitrogens with zero attached hydrogens (tertiary/aromatic N) is 3. The van der Waals surface area contributed by atoms with E-state index in [1.165, 1.54) is 33.0 Å². The summed E-state index contributed by atoms with van der Waals surface area (Å²) in [4.78, 5) is 16.2. The van der Waals surface area contributed by atoms with Crippen molar-refractivity contribution >= 4 is 28.4 Å². The fourth-order valence-corrected chi connectivity index (χ4v) is 9.56. The summed E-state index contributed by atoms with van der Waals surface area (Å²) in [7, 11) is 0. The molecule has 2 unspecified atom stereocenters. The van der Waals surface area contributed by atoms with E-state index in [9.17, 15) is 0 Å². The molecule has 7 aromatic carbocycles. The van der Waals surface area contributed by atoms with Crippen LogP contribution in [0.5, 0.6) is 0 Å². The molecular formula is C62H47N3. The van der Waals surface area contributed by atoms with E-state index in [1.54, 1.807) is 0 Å². The van der Waals surface area contributed by atoms with Gasteiger partial charge in [0.25, 0.3) is 0 Å². The molecule has 0 radical (unpaired) electrons. The Morgan fingerprint density at radius 3 is 2.06 bits per heavy atom. The summed E-state index contributed by atoms with van der Waals surface area (Å²) in [5, 5.41) is 2.41. The van der Waals surface area contributed by atoms with Gasteiger partial charge in [-0.3, -0.25) is 4.99 Å². The molecule has 0 saturated heterocycles. The molecule has 2 heterocycles. The van der Waals surface area contributed by atoms with Crippen LogP contribution in [0.15, 0.2) is 241 Å². The molecule has 0 amide bonds. The van der Waals surface area contributed by atoms with Gasteiger partial charge in [0.1, 0.15) is 0 Å². The van der Waals surface area contributed by atoms with E-state index in [0.29, 0.717) is 18.2 Å². The molecule has 3 nitrogen and oxygen atoms in total. The Morgan fingerprint density at radius 1 is 0.523 bits per heavy atom. The number of aliphatic imine (C=N–C) groups is 2. The lowest BCUT2D eigenvalue weighted by atomic mass is 9.87. The quantitative estimate of drug-likeness (QED) is 0.141. The van der Waals surface area contributed by atoms with Crippen LogP contribution in [0.1, 0.15) is 58.3 Å². The Hall–Kier alpha value is -8.01. The molecule has 310 valence electrons. The highest BCUT2D eigenvalue weighted by atomic mass is 15.0. The molecule has 0 spiro atoms. The molecular weight excluding hydrogens is 787 g/mol. The zero-order chi connectivity index (χ0) is 43.5. The maximum absolute atomic E-state index is 5.55. The van der Waals surface area contributed by atoms with Crippen LogP contribution >= 0.6 is 0 Å². The first-order chi connectivity index (χ1) is 32.1. The smallest absolute Gasteiger partial charge is 0.155 e. The van der Waals surface area contributed by atoms with E-state index in [-0.39, 0.29) is 6.04 Å². The van der Waals surface area contributed by atoms with Crippen LogP contribution in [0.4, 0.5) is 0 Å². The van der Waals surface area contributed by atoms with Crippen molar-refractivity contribution in [1.29, 1.82) is 0 Å². The molecule has 2 atom stereocenters. The third kappa shape index (κ3) is 8.21. The maximum Gasteiger partial charge on any atom is 0.155 e. The van der Waals surface area contributed by atoms with Gasteiger partial charge in [0.05, 0.1) is 23.1 Å². The summed E-state index contributed by atoms with van der Waals surface area (Å²) in [6.07, 6.45) is 19.8. The van der Waals surface area contributed by atoms with E-state index in [4.69, 9.17) is 21.5 Å². The van der Waals surface area contributed by atoms with Gasteiger partial charge in [0, 0.05) is 29.0 Å². The van der Waals surface area contributed by atoms with Crippen LogP contribution in [0.3, 0.4) is 0 Å². The van der Waals surface area contributed by atoms with E-state index < -0.39 is 0 Å². The third-order valence-corrected chi connectivity index (χ3v) is 12.8. The standard InChI is InChI=1S/C62H47N3/c1-42-36-58(46-34-32-44(33-35-46)43-18-6-2-7-19-43)64-62(48-23-10-4-11-24-48)65-60(42)54-39-52(38-53(40-54)57-31-17-26-45-20-14-15-30-56(45)57)49-27-16-28-51(37-49)61-59(47-21-8-3-9-22-47)50-25-12-5-13-29-55(41-50)63-61/h2-18,20-24,26-35,37-41,43,60H,1,19,25,36H2/b12-5-,29-13?. The lowest BCUT2D eigenvalue weighted by Crippen LogP contribution is -2.06. The van der Waals surface area contributed by atoms with Gasteiger partial charge >= 0.3 is 0 Å². The van der Waals surface area contributed by atoms with E-state index in [0.717, 1.165) is 80.0 Å². The summed E-state index contributed by atoms with van der Waals surface area (Å²) in [6.45, 7) is 4.80. The minimum atomic E-state index is -0.349. The van der Waals surface area contributed by atoms with Crippen LogP contribution in [-0.2, 0) is 6.42 Å². The van der Waals surface area contributed by atoms with E-state index in [1.807, 2.05) is 6.07 Å². The number of pyridine rings is 1. The Balaban J connectivity index is 1.05. The number of rotatable bonds is 8. The van der Waals surface area contributed by atoms with Gasteiger partial charge < -0.3 is 0 Å². The van der Waals surface area contributed by atoms with Crippen LogP contribution in [0.2, 0.25) is 0 Å². The molecule has 1 aliphatic heterocycles. The van der Waals surface area contributed by atoms with Gasteiger partial charge in [-0.05, 0) is 116 Å². The molecule has 1 aromatic heterocycles. The predicted octanol–water partition coefficient (Wildman–Crippen LogP) is 15.6. The average Bonchev–Trinajstić information content (AvgIpc) is 3.55. The second-order valence-electron chi connectivity index (χ2n) is 17.1. The zero-order valence-electron chi connectivity index (χ0n) is 36.2. The Labute approximate surface area is 381 Å². The molecule has 8 aromatic rings. The number of fused-ring (bicyclic) bond motifs is 3. The molecule has 65 heavy (non-hydrogen) atoms. The summed E-state index contributed by atoms with van der Waals surface area (Å²) in [5.41, 5.74) is 17.5. The Kier molecular flexibility index (Phi) is 10.8. The van der Waals surface area contributed by atoms with Crippen molar-refractivity contribution in [3.8, 4) is 44.6 Å². The summed E-state index contributed by atoms with van der Waals surface area (Å²) < 4.78 is 0. The monoisotopic (exact) mass is 833 g/mol. The van der Waals surface area contributed by atoms with Crippen LogP contribution in [-0.4, -0.2) is 16.5 Å². The van der Waals surface area contributed by atoms with Crippen LogP contribution in [0, 0.1) is 0 Å². The second-order valence-corrected chi connectivity index (χ2v) is 17.1. The number of allylic oxidation sites excluding steroid dienone is 7. The SMILES string of the molecule is C=C1CC(c2ccc(C3C=CC=CC3)cc2)=NC(c2ccccc2)=NC1c1cc(-c2cccc(-c3nc4cc(c3-c3ccccc3)C/C=C\C=C4)c2)cc(-c2cccc3ccccc23)c1. The normalized spacial score (nSPS) is 17.2. The molecule has 2 bridgehead atoms. The van der Waals surface area contributed by atoms with Gasteiger partial charge in [-0.15, -0.1) is 0 Å². The third-order valence-electron chi connectivity index (χ3n) is 12.8. The number of benzene rings is 7. The fourth-order valence-electron chi connectivity index (χ4n) is 9.56. The highest BCUT2D eigenvalue weighted by molar-refractivity contribution is 6.14. The van der Waals surface area contributed by atoms with Gasteiger partial charge in [0.2, 0.25) is 0 Å². The summed E-state index contributed by atoms with van der Waals surface area (Å²) >= 11 is 0. The molecule has 0 fully saturated rings. The highest BCUT2D eigenvalue weighted by Gasteiger charge is 2.25. The largest absolute Gasteiger partial charge is 0.253 e. The summed E-state index contributed by atoms with van der Waals surface area (Å²) in [5.74, 6) is 1.09. The first-order valence-corrected chi connectivity index (χ1v) is 22.6.